The lowest BCUT2D eigenvalue weighted by atomic mass is 9.47. The van der Waals surface area contributed by atoms with Gasteiger partial charge in [0.05, 0.1) is 31.3 Å². The number of nitrogens with zero attached hydrogens (tertiary/aromatic N) is 2. The van der Waals surface area contributed by atoms with Crippen molar-refractivity contribution < 1.29 is 19.4 Å². The first-order chi connectivity index (χ1) is 17.9. The van der Waals surface area contributed by atoms with Gasteiger partial charge in [-0.2, -0.15) is 5.10 Å². The molecule has 37 heavy (non-hydrogen) atoms. The minimum atomic E-state index is -0.688. The van der Waals surface area contributed by atoms with Crippen LogP contribution in [0.4, 0.5) is 0 Å². The number of aliphatic carboxylic acids is 1. The quantitative estimate of drug-likeness (QED) is 0.294. The Morgan fingerprint density at radius 1 is 1.00 bits per heavy atom. The summed E-state index contributed by atoms with van der Waals surface area (Å²) >= 11 is 0. The fourth-order valence-corrected chi connectivity index (χ4v) is 6.44. The van der Waals surface area contributed by atoms with Crippen LogP contribution in [0.3, 0.4) is 0 Å². The standard InChI is InChI=1S/C31H30N2O4/c1-37-26-12-24-18-32-33(19-20-7-9-23(10-8-20)22-5-3-2-4-6-22)29(24)27(13-26)28(34)11-21-14-31(15-21)16-25(17-31)30(35)36/h2-10,12-13,18,21,25H,11,14-17,19H2,1H3,(H,35,36). The van der Waals surface area contributed by atoms with Crippen molar-refractivity contribution in [3.05, 3.63) is 84.1 Å². The summed E-state index contributed by atoms with van der Waals surface area (Å²) in [5.41, 5.74) is 5.09. The molecule has 1 heterocycles. The van der Waals surface area contributed by atoms with Crippen molar-refractivity contribution in [3.63, 3.8) is 0 Å². The maximum Gasteiger partial charge on any atom is 0.306 e. The number of Topliss-reactive ketones (excluding diaryl/α,β-unsaturated/α-hetero) is 1. The molecule has 1 N–H and O–H groups in total. The molecule has 3 aromatic carbocycles. The first kappa shape index (κ1) is 23.5. The molecule has 6 heteroatoms. The normalized spacial score (nSPS) is 22.4. The molecular weight excluding hydrogens is 464 g/mol. The second kappa shape index (κ2) is 9.18. The third kappa shape index (κ3) is 4.41. The number of rotatable bonds is 8. The summed E-state index contributed by atoms with van der Waals surface area (Å²) in [5, 5.41) is 14.7. The summed E-state index contributed by atoms with van der Waals surface area (Å²) in [5.74, 6) is 0.165. The van der Waals surface area contributed by atoms with Gasteiger partial charge >= 0.3 is 5.97 Å². The van der Waals surface area contributed by atoms with Gasteiger partial charge in [0.1, 0.15) is 5.75 Å². The Labute approximate surface area is 215 Å². The maximum atomic E-state index is 13.5. The monoisotopic (exact) mass is 494 g/mol. The van der Waals surface area contributed by atoms with E-state index in [1.165, 1.54) is 5.56 Å². The number of carboxylic acids is 1. The van der Waals surface area contributed by atoms with Gasteiger partial charge in [-0.3, -0.25) is 14.3 Å². The number of benzene rings is 3. The highest BCUT2D eigenvalue weighted by molar-refractivity contribution is 6.07. The molecule has 2 aliphatic carbocycles. The van der Waals surface area contributed by atoms with E-state index in [2.05, 4.69) is 41.5 Å². The number of fused-ring (bicyclic) bond motifs is 1. The van der Waals surface area contributed by atoms with Crippen LogP contribution in [0.2, 0.25) is 0 Å². The number of hydrogen-bond donors (Lipinski definition) is 1. The fraction of sp³-hybridized carbons (Fsp3) is 0.323. The molecule has 4 aromatic rings. The van der Waals surface area contributed by atoms with E-state index in [9.17, 15) is 14.7 Å². The van der Waals surface area contributed by atoms with Crippen molar-refractivity contribution >= 4 is 22.7 Å². The van der Waals surface area contributed by atoms with Crippen molar-refractivity contribution in [1.29, 1.82) is 0 Å². The molecule has 0 saturated heterocycles. The molecule has 1 spiro atoms. The van der Waals surface area contributed by atoms with Gasteiger partial charge in [-0.25, -0.2) is 0 Å². The van der Waals surface area contributed by atoms with E-state index >= 15 is 0 Å². The number of carbonyl (C=O) groups excluding carboxylic acids is 1. The van der Waals surface area contributed by atoms with Gasteiger partial charge in [-0.1, -0.05) is 54.6 Å². The molecule has 188 valence electrons. The highest BCUT2D eigenvalue weighted by Crippen LogP contribution is 2.62. The van der Waals surface area contributed by atoms with Gasteiger partial charge < -0.3 is 9.84 Å². The first-order valence-electron chi connectivity index (χ1n) is 12.9. The predicted molar refractivity (Wildman–Crippen MR) is 142 cm³/mol. The molecular formula is C31H30N2O4. The van der Waals surface area contributed by atoms with Crippen LogP contribution >= 0.6 is 0 Å². The van der Waals surface area contributed by atoms with Crippen molar-refractivity contribution in [2.24, 2.45) is 17.3 Å². The summed E-state index contributed by atoms with van der Waals surface area (Å²) < 4.78 is 7.40. The molecule has 0 unspecified atom stereocenters. The third-order valence-corrected chi connectivity index (χ3v) is 8.26. The third-order valence-electron chi connectivity index (χ3n) is 8.26. The van der Waals surface area contributed by atoms with E-state index in [-0.39, 0.29) is 17.1 Å². The van der Waals surface area contributed by atoms with E-state index < -0.39 is 5.97 Å². The zero-order valence-corrected chi connectivity index (χ0v) is 20.9. The average Bonchev–Trinajstić information content (AvgIpc) is 3.27. The largest absolute Gasteiger partial charge is 0.497 e. The minimum Gasteiger partial charge on any atom is -0.497 e. The predicted octanol–water partition coefficient (Wildman–Crippen LogP) is 6.22. The Morgan fingerprint density at radius 2 is 1.70 bits per heavy atom. The molecule has 0 radical (unpaired) electrons. The zero-order valence-electron chi connectivity index (χ0n) is 20.9. The van der Waals surface area contributed by atoms with Gasteiger partial charge in [-0.05, 0) is 65.8 Å². The van der Waals surface area contributed by atoms with Crippen LogP contribution in [-0.4, -0.2) is 33.7 Å². The van der Waals surface area contributed by atoms with E-state index in [0.717, 1.165) is 47.7 Å². The molecule has 2 aliphatic rings. The Bertz CT molecular complexity index is 1460. The Balaban J connectivity index is 1.21. The number of carboxylic acid groups (broad SMARTS) is 1. The van der Waals surface area contributed by atoms with Crippen molar-refractivity contribution in [2.45, 2.75) is 38.6 Å². The van der Waals surface area contributed by atoms with Gasteiger partial charge in [0.2, 0.25) is 0 Å². The van der Waals surface area contributed by atoms with Crippen LogP contribution in [0.25, 0.3) is 22.0 Å². The average molecular weight is 495 g/mol. The minimum absolute atomic E-state index is 0.0963. The Kier molecular flexibility index (Phi) is 5.82. The molecule has 6 nitrogen and oxygen atoms in total. The number of aromatic nitrogens is 2. The summed E-state index contributed by atoms with van der Waals surface area (Å²) in [6.07, 6.45) is 5.67. The molecule has 1 aromatic heterocycles. The Hall–Kier alpha value is -3.93. The molecule has 6 rings (SSSR count). The lowest BCUT2D eigenvalue weighted by molar-refractivity contribution is -0.157. The van der Waals surface area contributed by atoms with Crippen molar-refractivity contribution in [2.75, 3.05) is 7.11 Å². The first-order valence-corrected chi connectivity index (χ1v) is 12.9. The van der Waals surface area contributed by atoms with E-state index in [4.69, 9.17) is 4.74 Å². The fourth-order valence-electron chi connectivity index (χ4n) is 6.44. The zero-order chi connectivity index (χ0) is 25.6. The highest BCUT2D eigenvalue weighted by atomic mass is 16.5. The summed E-state index contributed by atoms with van der Waals surface area (Å²) in [6.45, 7) is 0.564. The van der Waals surface area contributed by atoms with Gasteiger partial charge in [0.25, 0.3) is 0 Å². The topological polar surface area (TPSA) is 81.4 Å². The SMILES string of the molecule is COc1cc(C(=O)CC2CC3(C2)CC(C(=O)O)C3)c2c(cnn2Cc2ccc(-c3ccccc3)cc2)c1. The van der Waals surface area contributed by atoms with Gasteiger partial charge in [0, 0.05) is 17.4 Å². The van der Waals surface area contributed by atoms with Crippen LogP contribution in [0, 0.1) is 17.3 Å². The maximum absolute atomic E-state index is 13.5. The lowest BCUT2D eigenvalue weighted by Crippen LogP contribution is -2.50. The number of hydrogen-bond acceptors (Lipinski definition) is 4. The van der Waals surface area contributed by atoms with Crippen molar-refractivity contribution in [3.8, 4) is 16.9 Å². The van der Waals surface area contributed by atoms with E-state index in [1.807, 2.05) is 35.0 Å². The number of ketones is 1. The summed E-state index contributed by atoms with van der Waals surface area (Å²) in [6, 6.07) is 22.5. The Morgan fingerprint density at radius 3 is 2.38 bits per heavy atom. The molecule has 0 atom stereocenters. The van der Waals surface area contributed by atoms with Gasteiger partial charge in [-0.15, -0.1) is 0 Å². The molecule has 2 fully saturated rings. The number of methoxy groups -OCH3 is 1. The van der Waals surface area contributed by atoms with E-state index in [0.29, 0.717) is 30.2 Å². The van der Waals surface area contributed by atoms with Crippen LogP contribution in [0.5, 0.6) is 5.75 Å². The second-order valence-electron chi connectivity index (χ2n) is 10.8. The molecule has 2 saturated carbocycles. The summed E-state index contributed by atoms with van der Waals surface area (Å²) in [4.78, 5) is 24.7. The number of ether oxygens (including phenoxy) is 1. The van der Waals surface area contributed by atoms with Crippen LogP contribution in [0.15, 0.2) is 72.9 Å². The van der Waals surface area contributed by atoms with Crippen molar-refractivity contribution in [1.82, 2.24) is 9.78 Å². The second-order valence-corrected chi connectivity index (χ2v) is 10.8. The van der Waals surface area contributed by atoms with Gasteiger partial charge in [0.15, 0.2) is 5.78 Å². The molecule has 0 amide bonds. The summed E-state index contributed by atoms with van der Waals surface area (Å²) in [7, 11) is 1.61. The molecule has 0 bridgehead atoms. The highest BCUT2D eigenvalue weighted by Gasteiger charge is 2.54. The van der Waals surface area contributed by atoms with Crippen LogP contribution < -0.4 is 4.74 Å². The lowest BCUT2D eigenvalue weighted by Gasteiger charge is -2.56. The van der Waals surface area contributed by atoms with E-state index in [1.54, 1.807) is 13.3 Å². The molecule has 0 aliphatic heterocycles. The number of carbonyl (C=O) groups is 2. The smallest absolute Gasteiger partial charge is 0.306 e. The van der Waals surface area contributed by atoms with Crippen LogP contribution in [-0.2, 0) is 11.3 Å². The van der Waals surface area contributed by atoms with Crippen LogP contribution in [0.1, 0.15) is 48.0 Å².